The van der Waals surface area contributed by atoms with E-state index < -0.39 is 0 Å². The molecule has 2 saturated carbocycles. The molecule has 0 radical (unpaired) electrons. The summed E-state index contributed by atoms with van der Waals surface area (Å²) in [7, 11) is 1.74. The van der Waals surface area contributed by atoms with Gasteiger partial charge in [-0.05, 0) is 55.2 Å². The van der Waals surface area contributed by atoms with E-state index in [4.69, 9.17) is 4.74 Å². The monoisotopic (exact) mass is 273 g/mol. The molecule has 2 aliphatic carbocycles. The van der Waals surface area contributed by atoms with Gasteiger partial charge in [0.15, 0.2) is 0 Å². The molecule has 2 aliphatic rings. The molecule has 1 N–H and O–H groups in total. The Bertz CT molecular complexity index is 439. The fourth-order valence-electron chi connectivity index (χ4n) is 3.79. The van der Waals surface area contributed by atoms with E-state index >= 15 is 0 Å². The summed E-state index contributed by atoms with van der Waals surface area (Å²) < 4.78 is 5.32. The Morgan fingerprint density at radius 3 is 2.70 bits per heavy atom. The fourth-order valence-corrected chi connectivity index (χ4v) is 3.79. The van der Waals surface area contributed by atoms with Crippen molar-refractivity contribution in [3.05, 3.63) is 29.8 Å². The summed E-state index contributed by atoms with van der Waals surface area (Å²) >= 11 is 0. The third-order valence-electron chi connectivity index (χ3n) is 5.26. The summed E-state index contributed by atoms with van der Waals surface area (Å²) in [5, 5.41) is 3.90. The highest BCUT2D eigenvalue weighted by atomic mass is 16.5. The number of ether oxygens (including phenoxy) is 1. The molecule has 3 rings (SSSR count). The van der Waals surface area contributed by atoms with Crippen molar-refractivity contribution >= 4 is 0 Å². The molecule has 0 heterocycles. The van der Waals surface area contributed by atoms with Crippen LogP contribution in [0.2, 0.25) is 0 Å². The molecule has 0 bridgehead atoms. The van der Waals surface area contributed by atoms with Gasteiger partial charge in [0.2, 0.25) is 0 Å². The molecule has 0 aromatic heterocycles. The second kappa shape index (κ2) is 6.17. The number of nitrogens with one attached hydrogen (secondary N) is 1. The molecule has 0 aliphatic heterocycles. The van der Waals surface area contributed by atoms with Gasteiger partial charge in [0.05, 0.1) is 7.11 Å². The highest BCUT2D eigenvalue weighted by Gasteiger charge is 2.33. The van der Waals surface area contributed by atoms with Gasteiger partial charge in [-0.2, -0.15) is 0 Å². The van der Waals surface area contributed by atoms with Gasteiger partial charge in [0, 0.05) is 12.1 Å². The van der Waals surface area contributed by atoms with Crippen LogP contribution in [0.3, 0.4) is 0 Å². The van der Waals surface area contributed by atoms with Crippen LogP contribution in [0.4, 0.5) is 0 Å². The Labute approximate surface area is 122 Å². The molecule has 2 nitrogen and oxygen atoms in total. The van der Waals surface area contributed by atoms with Gasteiger partial charge in [-0.25, -0.2) is 0 Å². The van der Waals surface area contributed by atoms with Crippen LogP contribution in [0.25, 0.3) is 0 Å². The molecule has 2 atom stereocenters. The zero-order valence-electron chi connectivity index (χ0n) is 12.8. The maximum Gasteiger partial charge on any atom is 0.119 e. The average Bonchev–Trinajstić information content (AvgIpc) is 2.44. The van der Waals surface area contributed by atoms with Crippen LogP contribution in [-0.4, -0.2) is 19.2 Å². The second-order valence-corrected chi connectivity index (χ2v) is 6.68. The Morgan fingerprint density at radius 1 is 1.15 bits per heavy atom. The van der Waals surface area contributed by atoms with E-state index in [0.717, 1.165) is 29.7 Å². The molecule has 0 spiro atoms. The lowest BCUT2D eigenvalue weighted by Crippen LogP contribution is -2.48. The molecule has 2 unspecified atom stereocenters. The number of methoxy groups -OCH3 is 1. The standard InChI is InChI=1S/C18H27NO/c1-13-6-3-4-9-18(13)19-16-10-15(11-16)14-7-5-8-17(12-14)20-2/h5,7-8,12-13,15-16,18-19H,3-4,6,9-11H2,1-2H3. The number of rotatable bonds is 4. The van der Waals surface area contributed by atoms with Crippen LogP contribution in [-0.2, 0) is 0 Å². The van der Waals surface area contributed by atoms with Gasteiger partial charge in [-0.1, -0.05) is 31.9 Å². The lowest BCUT2D eigenvalue weighted by atomic mass is 9.74. The summed E-state index contributed by atoms with van der Waals surface area (Å²) in [6, 6.07) is 10.1. The minimum atomic E-state index is 0.724. The third kappa shape index (κ3) is 3.01. The summed E-state index contributed by atoms with van der Waals surface area (Å²) in [6.07, 6.45) is 8.20. The van der Waals surface area contributed by atoms with E-state index in [1.807, 2.05) is 6.07 Å². The van der Waals surface area contributed by atoms with Crippen molar-refractivity contribution in [1.82, 2.24) is 5.32 Å². The first-order valence-electron chi connectivity index (χ1n) is 8.16. The maximum atomic E-state index is 5.32. The maximum absolute atomic E-state index is 5.32. The van der Waals surface area contributed by atoms with Gasteiger partial charge in [0.25, 0.3) is 0 Å². The second-order valence-electron chi connectivity index (χ2n) is 6.68. The lowest BCUT2D eigenvalue weighted by Gasteiger charge is -2.41. The van der Waals surface area contributed by atoms with Crippen LogP contribution in [0.1, 0.15) is 56.9 Å². The Hall–Kier alpha value is -1.02. The highest BCUT2D eigenvalue weighted by molar-refractivity contribution is 5.32. The highest BCUT2D eigenvalue weighted by Crippen LogP contribution is 2.39. The molecule has 0 amide bonds. The van der Waals surface area contributed by atoms with E-state index in [1.165, 1.54) is 44.1 Å². The van der Waals surface area contributed by atoms with Crippen molar-refractivity contribution in [2.75, 3.05) is 7.11 Å². The molecular weight excluding hydrogens is 246 g/mol. The first-order valence-corrected chi connectivity index (χ1v) is 8.16. The molecule has 1 aromatic carbocycles. The zero-order chi connectivity index (χ0) is 13.9. The van der Waals surface area contributed by atoms with Crippen LogP contribution >= 0.6 is 0 Å². The van der Waals surface area contributed by atoms with Crippen LogP contribution in [0.15, 0.2) is 24.3 Å². The lowest BCUT2D eigenvalue weighted by molar-refractivity contribution is 0.201. The Morgan fingerprint density at radius 2 is 1.95 bits per heavy atom. The number of benzene rings is 1. The first kappa shape index (κ1) is 13.9. The van der Waals surface area contributed by atoms with Crippen molar-refractivity contribution < 1.29 is 4.74 Å². The summed E-state index contributed by atoms with van der Waals surface area (Å²) in [5.74, 6) is 2.57. The van der Waals surface area contributed by atoms with Gasteiger partial charge in [-0.3, -0.25) is 0 Å². The number of hydrogen-bond donors (Lipinski definition) is 1. The SMILES string of the molecule is COc1cccc(C2CC(NC3CCCCC3C)C2)c1. The largest absolute Gasteiger partial charge is 0.497 e. The first-order chi connectivity index (χ1) is 9.76. The molecule has 2 heteroatoms. The van der Waals surface area contributed by atoms with Gasteiger partial charge >= 0.3 is 0 Å². The van der Waals surface area contributed by atoms with Crippen molar-refractivity contribution in [2.24, 2.45) is 5.92 Å². The summed E-state index contributed by atoms with van der Waals surface area (Å²) in [4.78, 5) is 0. The van der Waals surface area contributed by atoms with Crippen LogP contribution in [0, 0.1) is 5.92 Å². The van der Waals surface area contributed by atoms with Crippen LogP contribution < -0.4 is 10.1 Å². The van der Waals surface area contributed by atoms with Gasteiger partial charge in [0.1, 0.15) is 5.75 Å². The summed E-state index contributed by atoms with van der Waals surface area (Å²) in [5.41, 5.74) is 1.44. The molecule has 110 valence electrons. The molecule has 0 saturated heterocycles. The van der Waals surface area contributed by atoms with Gasteiger partial charge < -0.3 is 10.1 Å². The normalized spacial score (nSPS) is 33.5. The van der Waals surface area contributed by atoms with Crippen molar-refractivity contribution in [1.29, 1.82) is 0 Å². The van der Waals surface area contributed by atoms with E-state index in [0.29, 0.717) is 0 Å². The average molecular weight is 273 g/mol. The quantitative estimate of drug-likeness (QED) is 0.891. The number of hydrogen-bond acceptors (Lipinski definition) is 2. The minimum Gasteiger partial charge on any atom is -0.497 e. The Kier molecular flexibility index (Phi) is 4.30. The molecular formula is C18H27NO. The van der Waals surface area contributed by atoms with Gasteiger partial charge in [-0.15, -0.1) is 0 Å². The topological polar surface area (TPSA) is 21.3 Å². The van der Waals surface area contributed by atoms with E-state index in [-0.39, 0.29) is 0 Å². The van der Waals surface area contributed by atoms with Crippen LogP contribution in [0.5, 0.6) is 5.75 Å². The zero-order valence-corrected chi connectivity index (χ0v) is 12.8. The van der Waals surface area contributed by atoms with Crippen molar-refractivity contribution in [3.8, 4) is 5.75 Å². The van der Waals surface area contributed by atoms with Crippen molar-refractivity contribution in [2.45, 2.75) is 63.5 Å². The predicted octanol–water partition coefficient (Wildman–Crippen LogP) is 4.11. The summed E-state index contributed by atoms with van der Waals surface area (Å²) in [6.45, 7) is 2.41. The predicted molar refractivity (Wildman–Crippen MR) is 83.3 cm³/mol. The third-order valence-corrected chi connectivity index (χ3v) is 5.26. The molecule has 1 aromatic rings. The van der Waals surface area contributed by atoms with E-state index in [1.54, 1.807) is 7.11 Å². The minimum absolute atomic E-state index is 0.724. The molecule has 20 heavy (non-hydrogen) atoms. The van der Waals surface area contributed by atoms with E-state index in [9.17, 15) is 0 Å². The van der Waals surface area contributed by atoms with Crippen molar-refractivity contribution in [3.63, 3.8) is 0 Å². The molecule has 2 fully saturated rings. The Balaban J connectivity index is 1.50. The van der Waals surface area contributed by atoms with E-state index in [2.05, 4.69) is 30.4 Å². The smallest absolute Gasteiger partial charge is 0.119 e. The fraction of sp³-hybridized carbons (Fsp3) is 0.667.